The molecule has 0 aliphatic carbocycles. The van der Waals surface area contributed by atoms with Crippen LogP contribution in [0.15, 0.2) is 0 Å². The van der Waals surface area contributed by atoms with Gasteiger partial charge in [0, 0.05) is 12.6 Å². The third kappa shape index (κ3) is 1.12. The van der Waals surface area contributed by atoms with Gasteiger partial charge in [0.05, 0.1) is 0 Å². The Morgan fingerprint density at radius 1 is 1.71 bits per heavy atom. The number of hydrogen-bond acceptors (Lipinski definition) is 3. The molecule has 7 heavy (non-hydrogen) atoms. The lowest BCUT2D eigenvalue weighted by Gasteiger charge is -2.01. The Labute approximate surface area is 43.3 Å². The second-order valence-corrected chi connectivity index (χ2v) is 1.95. The molecule has 0 aromatic rings. The van der Waals surface area contributed by atoms with Crippen molar-refractivity contribution in [2.75, 3.05) is 6.54 Å². The molecule has 3 heteroatoms. The molecular weight excluding hydrogens is 90.1 g/mol. The molecule has 1 saturated heterocycles. The quantitative estimate of drug-likeness (QED) is 0.359. The summed E-state index contributed by atoms with van der Waals surface area (Å²) >= 11 is 0. The summed E-state index contributed by atoms with van der Waals surface area (Å²) in [5.74, 6) is 0. The van der Waals surface area contributed by atoms with Gasteiger partial charge in [-0.2, -0.15) is 0 Å². The Hall–Kier alpha value is -0.120. The van der Waals surface area contributed by atoms with Crippen molar-refractivity contribution in [1.29, 1.82) is 0 Å². The van der Waals surface area contributed by atoms with Crippen LogP contribution in [0.1, 0.15) is 6.92 Å². The van der Waals surface area contributed by atoms with Gasteiger partial charge in [-0.1, -0.05) is 0 Å². The Morgan fingerprint density at radius 2 is 2.43 bits per heavy atom. The lowest BCUT2D eigenvalue weighted by atomic mass is 10.4. The van der Waals surface area contributed by atoms with Crippen molar-refractivity contribution in [2.45, 2.75) is 19.3 Å². The molecule has 1 fully saturated rings. The first-order valence-corrected chi connectivity index (χ1v) is 2.54. The van der Waals surface area contributed by atoms with Gasteiger partial charge < -0.3 is 5.73 Å². The highest BCUT2D eigenvalue weighted by Crippen LogP contribution is 1.85. The number of hydrogen-bond donors (Lipinski definition) is 3. The topological polar surface area (TPSA) is 50.1 Å². The van der Waals surface area contributed by atoms with Crippen LogP contribution in [0.2, 0.25) is 0 Å². The van der Waals surface area contributed by atoms with Gasteiger partial charge in [0.1, 0.15) is 6.29 Å². The molecule has 0 saturated carbocycles. The van der Waals surface area contributed by atoms with Crippen molar-refractivity contribution < 1.29 is 0 Å². The second-order valence-electron chi connectivity index (χ2n) is 1.95. The number of nitrogens with one attached hydrogen (secondary N) is 2. The SMILES string of the molecule is CC1CNC(N)N1. The van der Waals surface area contributed by atoms with Crippen LogP contribution in [-0.2, 0) is 0 Å². The van der Waals surface area contributed by atoms with E-state index in [2.05, 4.69) is 17.6 Å². The maximum atomic E-state index is 5.40. The summed E-state index contributed by atoms with van der Waals surface area (Å²) in [5, 5.41) is 6.12. The van der Waals surface area contributed by atoms with Gasteiger partial charge in [0.2, 0.25) is 0 Å². The molecule has 0 bridgehead atoms. The van der Waals surface area contributed by atoms with Crippen molar-refractivity contribution in [3.05, 3.63) is 0 Å². The van der Waals surface area contributed by atoms with E-state index >= 15 is 0 Å². The summed E-state index contributed by atoms with van der Waals surface area (Å²) in [4.78, 5) is 0. The van der Waals surface area contributed by atoms with Crippen molar-refractivity contribution in [3.63, 3.8) is 0 Å². The molecule has 0 aromatic carbocycles. The molecule has 1 aliphatic rings. The highest BCUT2D eigenvalue weighted by Gasteiger charge is 2.13. The Morgan fingerprint density at radius 3 is 2.57 bits per heavy atom. The normalized spacial score (nSPS) is 42.0. The van der Waals surface area contributed by atoms with E-state index in [1.54, 1.807) is 0 Å². The van der Waals surface area contributed by atoms with Crippen LogP contribution in [0.3, 0.4) is 0 Å². The smallest absolute Gasteiger partial charge is 0.109 e. The minimum absolute atomic E-state index is 0.0231. The summed E-state index contributed by atoms with van der Waals surface area (Å²) in [7, 11) is 0. The van der Waals surface area contributed by atoms with Gasteiger partial charge in [-0.05, 0) is 6.92 Å². The van der Waals surface area contributed by atoms with Crippen LogP contribution in [0.4, 0.5) is 0 Å². The first kappa shape index (κ1) is 5.03. The number of rotatable bonds is 0. The molecule has 2 unspecified atom stereocenters. The second kappa shape index (κ2) is 1.78. The Bertz CT molecular complexity index is 56.0. The van der Waals surface area contributed by atoms with Crippen molar-refractivity contribution in [3.8, 4) is 0 Å². The zero-order valence-electron chi connectivity index (χ0n) is 4.44. The minimum Gasteiger partial charge on any atom is -0.304 e. The standard InChI is InChI=1S/C4H11N3/c1-3-2-6-4(5)7-3/h3-4,6-7H,2,5H2,1H3. The van der Waals surface area contributed by atoms with Gasteiger partial charge in [0.15, 0.2) is 0 Å². The maximum Gasteiger partial charge on any atom is 0.109 e. The van der Waals surface area contributed by atoms with E-state index in [-0.39, 0.29) is 6.29 Å². The van der Waals surface area contributed by atoms with E-state index in [4.69, 9.17) is 5.73 Å². The molecule has 3 nitrogen and oxygen atoms in total. The Balaban J connectivity index is 2.26. The molecule has 0 amide bonds. The van der Waals surface area contributed by atoms with E-state index in [9.17, 15) is 0 Å². The van der Waals surface area contributed by atoms with E-state index in [0.717, 1.165) is 6.54 Å². The number of nitrogens with two attached hydrogens (primary N) is 1. The third-order valence-corrected chi connectivity index (χ3v) is 1.11. The molecule has 0 spiro atoms. The summed E-state index contributed by atoms with van der Waals surface area (Å²) in [6, 6.07) is 0.537. The summed E-state index contributed by atoms with van der Waals surface area (Å²) in [6.45, 7) is 3.08. The van der Waals surface area contributed by atoms with E-state index in [1.165, 1.54) is 0 Å². The maximum absolute atomic E-state index is 5.40. The molecule has 0 aromatic heterocycles. The van der Waals surface area contributed by atoms with Crippen LogP contribution in [0.5, 0.6) is 0 Å². The van der Waals surface area contributed by atoms with Crippen LogP contribution in [0.25, 0.3) is 0 Å². The molecule has 0 radical (unpaired) electrons. The van der Waals surface area contributed by atoms with Gasteiger partial charge >= 0.3 is 0 Å². The third-order valence-electron chi connectivity index (χ3n) is 1.11. The average molecular weight is 101 g/mol. The van der Waals surface area contributed by atoms with E-state index in [0.29, 0.717) is 6.04 Å². The largest absolute Gasteiger partial charge is 0.304 e. The van der Waals surface area contributed by atoms with Crippen molar-refractivity contribution in [2.24, 2.45) is 5.73 Å². The van der Waals surface area contributed by atoms with E-state index < -0.39 is 0 Å². The van der Waals surface area contributed by atoms with Crippen LogP contribution in [0, 0.1) is 0 Å². The first-order valence-electron chi connectivity index (χ1n) is 2.54. The molecule has 4 N–H and O–H groups in total. The van der Waals surface area contributed by atoms with Crippen molar-refractivity contribution >= 4 is 0 Å². The fourth-order valence-electron chi connectivity index (χ4n) is 0.728. The molecule has 1 heterocycles. The van der Waals surface area contributed by atoms with Crippen LogP contribution >= 0.6 is 0 Å². The predicted molar refractivity (Wildman–Crippen MR) is 28.6 cm³/mol. The predicted octanol–water partition coefficient (Wildman–Crippen LogP) is -1.19. The highest BCUT2D eigenvalue weighted by atomic mass is 15.3. The molecular formula is C4H11N3. The monoisotopic (exact) mass is 101 g/mol. The average Bonchev–Trinajstić information content (AvgIpc) is 1.87. The van der Waals surface area contributed by atoms with Crippen LogP contribution < -0.4 is 16.4 Å². The van der Waals surface area contributed by atoms with Crippen LogP contribution in [-0.4, -0.2) is 18.9 Å². The Kier molecular flexibility index (Phi) is 1.27. The van der Waals surface area contributed by atoms with Gasteiger partial charge in [-0.25, -0.2) is 0 Å². The van der Waals surface area contributed by atoms with E-state index in [1.807, 2.05) is 0 Å². The lowest BCUT2D eigenvalue weighted by Crippen LogP contribution is -2.40. The summed E-state index contributed by atoms with van der Waals surface area (Å²) in [6.07, 6.45) is 0.0231. The molecule has 2 atom stereocenters. The molecule has 1 rings (SSSR count). The fourth-order valence-corrected chi connectivity index (χ4v) is 0.728. The van der Waals surface area contributed by atoms with Gasteiger partial charge in [-0.3, -0.25) is 10.6 Å². The zero-order valence-corrected chi connectivity index (χ0v) is 4.44. The van der Waals surface area contributed by atoms with Crippen molar-refractivity contribution in [1.82, 2.24) is 10.6 Å². The minimum atomic E-state index is 0.0231. The lowest BCUT2D eigenvalue weighted by molar-refractivity contribution is 0.552. The zero-order chi connectivity index (χ0) is 5.28. The molecule has 1 aliphatic heterocycles. The summed E-state index contributed by atoms with van der Waals surface area (Å²) < 4.78 is 0. The summed E-state index contributed by atoms with van der Waals surface area (Å²) in [5.41, 5.74) is 5.40. The molecule has 42 valence electrons. The fraction of sp³-hybridized carbons (Fsp3) is 1.00. The first-order chi connectivity index (χ1) is 3.29. The van der Waals surface area contributed by atoms with Gasteiger partial charge in [-0.15, -0.1) is 0 Å². The highest BCUT2D eigenvalue weighted by molar-refractivity contribution is 4.74. The van der Waals surface area contributed by atoms with Gasteiger partial charge in [0.25, 0.3) is 0 Å².